The molecule has 0 aliphatic carbocycles. The molecule has 1 aromatic rings. The zero-order chi connectivity index (χ0) is 13.4. The van der Waals surface area contributed by atoms with Crippen molar-refractivity contribution in [2.24, 2.45) is 5.73 Å². The fraction of sp³-hybridized carbons (Fsp3) is 0.636. The van der Waals surface area contributed by atoms with Gasteiger partial charge in [0.05, 0.1) is 19.2 Å². The Morgan fingerprint density at radius 1 is 1.72 bits per heavy atom. The van der Waals surface area contributed by atoms with Crippen LogP contribution in [0, 0.1) is 0 Å². The Labute approximate surface area is 111 Å². The predicted octanol–water partition coefficient (Wildman–Crippen LogP) is -0.189. The molecule has 1 aromatic heterocycles. The second kappa shape index (κ2) is 8.12. The van der Waals surface area contributed by atoms with Crippen LogP contribution in [0.2, 0.25) is 0 Å². The molecule has 0 aromatic carbocycles. The Balaban J connectivity index is 2.57. The first kappa shape index (κ1) is 15.0. The second-order valence-corrected chi connectivity index (χ2v) is 4.89. The lowest BCUT2D eigenvalue weighted by atomic mass is 10.2. The smallest absolute Gasteiger partial charge is 0.240 e. The van der Waals surface area contributed by atoms with Crippen molar-refractivity contribution in [3.63, 3.8) is 0 Å². The maximum atomic E-state index is 12.1. The number of aromatic nitrogens is 2. The molecule has 0 radical (unpaired) electrons. The number of nitrogens with two attached hydrogens (primary N) is 1. The number of aliphatic hydroxyl groups excluding tert-OH is 1. The molecule has 0 unspecified atom stereocenters. The molecular weight excluding hydrogens is 252 g/mol. The van der Waals surface area contributed by atoms with Gasteiger partial charge in [0, 0.05) is 18.9 Å². The second-order valence-electron chi connectivity index (χ2n) is 3.91. The van der Waals surface area contributed by atoms with Crippen LogP contribution >= 0.6 is 11.8 Å². The number of thioether (sulfide) groups is 1. The van der Waals surface area contributed by atoms with E-state index in [1.807, 2.05) is 6.26 Å². The predicted molar refractivity (Wildman–Crippen MR) is 72.1 cm³/mol. The number of aromatic amines is 1. The molecule has 0 saturated heterocycles. The van der Waals surface area contributed by atoms with Crippen molar-refractivity contribution in [1.82, 2.24) is 14.9 Å². The van der Waals surface area contributed by atoms with Crippen LogP contribution < -0.4 is 5.73 Å². The van der Waals surface area contributed by atoms with Gasteiger partial charge in [-0.3, -0.25) is 4.79 Å². The van der Waals surface area contributed by atoms with Crippen molar-refractivity contribution in [1.29, 1.82) is 0 Å². The molecule has 1 atom stereocenters. The van der Waals surface area contributed by atoms with Gasteiger partial charge >= 0.3 is 0 Å². The normalized spacial score (nSPS) is 12.4. The van der Waals surface area contributed by atoms with E-state index in [1.165, 1.54) is 4.90 Å². The van der Waals surface area contributed by atoms with Crippen LogP contribution in [0.25, 0.3) is 0 Å². The highest BCUT2D eigenvalue weighted by molar-refractivity contribution is 7.98. The lowest BCUT2D eigenvalue weighted by Gasteiger charge is -2.24. The third-order valence-electron chi connectivity index (χ3n) is 2.53. The minimum atomic E-state index is -0.515. The van der Waals surface area contributed by atoms with Crippen LogP contribution in [-0.4, -0.2) is 57.1 Å². The summed E-state index contributed by atoms with van der Waals surface area (Å²) in [5, 5.41) is 9.00. The van der Waals surface area contributed by atoms with E-state index in [9.17, 15) is 4.79 Å². The van der Waals surface area contributed by atoms with Crippen LogP contribution in [0.3, 0.4) is 0 Å². The highest BCUT2D eigenvalue weighted by Gasteiger charge is 2.21. The van der Waals surface area contributed by atoms with E-state index in [2.05, 4.69) is 9.97 Å². The Hall–Kier alpha value is -1.05. The van der Waals surface area contributed by atoms with E-state index in [-0.39, 0.29) is 19.1 Å². The molecule has 1 heterocycles. The number of nitrogens with one attached hydrogen (secondary N) is 1. The highest BCUT2D eigenvalue weighted by atomic mass is 32.2. The van der Waals surface area contributed by atoms with Gasteiger partial charge in [0.2, 0.25) is 5.91 Å². The minimum Gasteiger partial charge on any atom is -0.395 e. The number of hydrogen-bond donors (Lipinski definition) is 3. The molecule has 1 amide bonds. The van der Waals surface area contributed by atoms with Gasteiger partial charge in [0.1, 0.15) is 5.82 Å². The summed E-state index contributed by atoms with van der Waals surface area (Å²) in [4.78, 5) is 20.6. The third-order valence-corrected chi connectivity index (χ3v) is 3.17. The summed E-state index contributed by atoms with van der Waals surface area (Å²) < 4.78 is 0. The topological polar surface area (TPSA) is 95.2 Å². The highest BCUT2D eigenvalue weighted by Crippen LogP contribution is 2.05. The van der Waals surface area contributed by atoms with E-state index < -0.39 is 6.04 Å². The molecule has 0 saturated carbocycles. The van der Waals surface area contributed by atoms with Gasteiger partial charge in [-0.15, -0.1) is 0 Å². The lowest BCUT2D eigenvalue weighted by molar-refractivity contribution is -0.133. The Morgan fingerprint density at radius 2 is 2.50 bits per heavy atom. The standard InChI is InChI=1S/C11H20N4O2S/c1-18-7-2-9(12)11(17)15(5-6-16)8-10-13-3-4-14-10/h3-4,9,16H,2,5-8,12H2,1H3,(H,13,14)/t9-/m0/s1. The zero-order valence-electron chi connectivity index (χ0n) is 10.5. The number of imidazole rings is 1. The van der Waals surface area contributed by atoms with E-state index in [0.717, 1.165) is 5.75 Å². The maximum Gasteiger partial charge on any atom is 0.240 e. The van der Waals surface area contributed by atoms with Crippen LogP contribution in [0.5, 0.6) is 0 Å². The average molecular weight is 272 g/mol. The van der Waals surface area contributed by atoms with Gasteiger partial charge in [0.25, 0.3) is 0 Å². The zero-order valence-corrected chi connectivity index (χ0v) is 11.3. The molecule has 0 aliphatic heterocycles. The third kappa shape index (κ3) is 4.67. The summed E-state index contributed by atoms with van der Waals surface area (Å²) in [6.07, 6.45) is 5.95. The molecule has 1 rings (SSSR count). The van der Waals surface area contributed by atoms with E-state index in [4.69, 9.17) is 10.8 Å². The largest absolute Gasteiger partial charge is 0.395 e. The Morgan fingerprint density at radius 3 is 3.06 bits per heavy atom. The summed E-state index contributed by atoms with van der Waals surface area (Å²) in [5.41, 5.74) is 5.85. The first-order valence-corrected chi connectivity index (χ1v) is 7.20. The van der Waals surface area contributed by atoms with Crippen molar-refractivity contribution >= 4 is 17.7 Å². The molecule has 0 aliphatic rings. The SMILES string of the molecule is CSCC[C@H](N)C(=O)N(CCO)Cc1ncc[nH]1. The van der Waals surface area contributed by atoms with Gasteiger partial charge in [0.15, 0.2) is 0 Å². The van der Waals surface area contributed by atoms with Crippen molar-refractivity contribution in [3.8, 4) is 0 Å². The monoisotopic (exact) mass is 272 g/mol. The van der Waals surface area contributed by atoms with Crippen molar-refractivity contribution in [3.05, 3.63) is 18.2 Å². The molecule has 7 heteroatoms. The van der Waals surface area contributed by atoms with E-state index >= 15 is 0 Å². The van der Waals surface area contributed by atoms with E-state index in [1.54, 1.807) is 24.2 Å². The van der Waals surface area contributed by atoms with Crippen LogP contribution in [0.4, 0.5) is 0 Å². The number of rotatable bonds is 8. The van der Waals surface area contributed by atoms with Crippen molar-refractivity contribution in [2.75, 3.05) is 25.2 Å². The summed E-state index contributed by atoms with van der Waals surface area (Å²) in [7, 11) is 0. The first-order valence-electron chi connectivity index (χ1n) is 5.81. The van der Waals surface area contributed by atoms with Gasteiger partial charge in [-0.1, -0.05) is 0 Å². The Bertz CT molecular complexity index is 345. The molecule has 0 fully saturated rings. The minimum absolute atomic E-state index is 0.0817. The maximum absolute atomic E-state index is 12.1. The fourth-order valence-electron chi connectivity index (χ4n) is 1.56. The first-order chi connectivity index (χ1) is 8.69. The molecule has 102 valence electrons. The Kier molecular flexibility index (Phi) is 6.77. The number of H-pyrrole nitrogens is 1. The van der Waals surface area contributed by atoms with Crippen molar-refractivity contribution in [2.45, 2.75) is 19.0 Å². The number of hydrogen-bond acceptors (Lipinski definition) is 5. The average Bonchev–Trinajstić information content (AvgIpc) is 2.87. The molecule has 0 spiro atoms. The molecule has 6 nitrogen and oxygen atoms in total. The number of aliphatic hydroxyl groups is 1. The van der Waals surface area contributed by atoms with E-state index in [0.29, 0.717) is 18.8 Å². The van der Waals surface area contributed by atoms with Crippen LogP contribution in [-0.2, 0) is 11.3 Å². The van der Waals surface area contributed by atoms with Gasteiger partial charge in [-0.05, 0) is 18.4 Å². The van der Waals surface area contributed by atoms with Crippen LogP contribution in [0.1, 0.15) is 12.2 Å². The summed E-state index contributed by atoms with van der Waals surface area (Å²) in [6, 6.07) is -0.515. The number of amides is 1. The van der Waals surface area contributed by atoms with Crippen LogP contribution in [0.15, 0.2) is 12.4 Å². The summed E-state index contributed by atoms with van der Waals surface area (Å²) >= 11 is 1.66. The van der Waals surface area contributed by atoms with Gasteiger partial charge in [-0.25, -0.2) is 4.98 Å². The quantitative estimate of drug-likeness (QED) is 0.610. The number of carbonyl (C=O) groups excluding carboxylic acids is 1. The number of carbonyl (C=O) groups is 1. The molecule has 18 heavy (non-hydrogen) atoms. The van der Waals surface area contributed by atoms with Crippen molar-refractivity contribution < 1.29 is 9.90 Å². The lowest BCUT2D eigenvalue weighted by Crippen LogP contribution is -2.45. The summed E-state index contributed by atoms with van der Waals surface area (Å²) in [5.74, 6) is 1.39. The van der Waals surface area contributed by atoms with Gasteiger partial charge < -0.3 is 20.7 Å². The molecule has 4 N–H and O–H groups in total. The van der Waals surface area contributed by atoms with Gasteiger partial charge in [-0.2, -0.15) is 11.8 Å². The molecule has 0 bridgehead atoms. The fourth-order valence-corrected chi connectivity index (χ4v) is 2.05. The molecular formula is C11H20N4O2S. The summed E-state index contributed by atoms with van der Waals surface area (Å²) in [6.45, 7) is 0.535. The number of nitrogens with zero attached hydrogens (tertiary/aromatic N) is 2.